The summed E-state index contributed by atoms with van der Waals surface area (Å²) in [5.41, 5.74) is 3.18. The van der Waals surface area contributed by atoms with Gasteiger partial charge in [-0.2, -0.15) is 5.10 Å². The molecule has 4 nitrogen and oxygen atoms in total. The molecule has 1 aromatic carbocycles. The summed E-state index contributed by atoms with van der Waals surface area (Å²) in [7, 11) is 1.69. The van der Waals surface area contributed by atoms with E-state index in [1.807, 2.05) is 18.2 Å². The summed E-state index contributed by atoms with van der Waals surface area (Å²) >= 11 is 3.50. The van der Waals surface area contributed by atoms with Gasteiger partial charge in [-0.05, 0) is 50.2 Å². The molecule has 0 amide bonds. The highest BCUT2D eigenvalue weighted by molar-refractivity contribution is 9.10. The fourth-order valence-corrected chi connectivity index (χ4v) is 3.06. The van der Waals surface area contributed by atoms with Crippen molar-refractivity contribution in [2.45, 2.75) is 18.8 Å². The first-order valence-electron chi connectivity index (χ1n) is 6.88. The van der Waals surface area contributed by atoms with Crippen molar-refractivity contribution in [3.63, 3.8) is 0 Å². The van der Waals surface area contributed by atoms with Gasteiger partial charge in [-0.3, -0.25) is 5.10 Å². The molecule has 0 bridgehead atoms. The summed E-state index contributed by atoms with van der Waals surface area (Å²) < 4.78 is 6.45. The van der Waals surface area contributed by atoms with Gasteiger partial charge in [0.2, 0.25) is 0 Å². The molecule has 2 N–H and O–H groups in total. The minimum Gasteiger partial charge on any atom is -0.496 e. The van der Waals surface area contributed by atoms with E-state index in [-0.39, 0.29) is 0 Å². The Morgan fingerprint density at radius 3 is 2.80 bits per heavy atom. The number of halogens is 1. The first-order valence-corrected chi connectivity index (χ1v) is 7.67. The smallest absolute Gasteiger partial charge is 0.128 e. The Hall–Kier alpha value is -1.33. The van der Waals surface area contributed by atoms with Crippen LogP contribution in [0.1, 0.15) is 24.5 Å². The van der Waals surface area contributed by atoms with Crippen LogP contribution in [-0.4, -0.2) is 30.4 Å². The zero-order valence-corrected chi connectivity index (χ0v) is 13.0. The third kappa shape index (κ3) is 2.74. The van der Waals surface area contributed by atoms with Crippen LogP contribution < -0.4 is 10.1 Å². The van der Waals surface area contributed by atoms with Crippen LogP contribution >= 0.6 is 15.9 Å². The highest BCUT2D eigenvalue weighted by Crippen LogP contribution is 2.33. The molecule has 1 saturated heterocycles. The SMILES string of the molecule is COc1ccc(Br)cc1-c1cc(C2CCNCC2)[nH]n1. The van der Waals surface area contributed by atoms with Crippen LogP contribution in [0, 0.1) is 0 Å². The van der Waals surface area contributed by atoms with Crippen LogP contribution in [0.4, 0.5) is 0 Å². The summed E-state index contributed by atoms with van der Waals surface area (Å²) in [5.74, 6) is 1.42. The van der Waals surface area contributed by atoms with E-state index in [2.05, 4.69) is 37.5 Å². The van der Waals surface area contributed by atoms with Crippen molar-refractivity contribution in [3.05, 3.63) is 34.4 Å². The summed E-state index contributed by atoms with van der Waals surface area (Å²) in [6.45, 7) is 2.17. The molecule has 0 aliphatic carbocycles. The predicted octanol–water partition coefficient (Wildman–Crippen LogP) is 3.31. The van der Waals surface area contributed by atoms with Gasteiger partial charge < -0.3 is 10.1 Å². The number of nitrogens with zero attached hydrogens (tertiary/aromatic N) is 1. The predicted molar refractivity (Wildman–Crippen MR) is 83.1 cm³/mol. The Labute approximate surface area is 127 Å². The third-order valence-corrected chi connectivity index (χ3v) is 4.31. The summed E-state index contributed by atoms with van der Waals surface area (Å²) in [5, 5.41) is 11.0. The molecule has 0 saturated carbocycles. The van der Waals surface area contributed by atoms with Crippen LogP contribution in [0.5, 0.6) is 5.75 Å². The largest absolute Gasteiger partial charge is 0.496 e. The first kappa shape index (κ1) is 13.6. The Bertz CT molecular complexity index is 591. The van der Waals surface area contributed by atoms with Gasteiger partial charge in [-0.25, -0.2) is 0 Å². The van der Waals surface area contributed by atoms with Gasteiger partial charge in [0.05, 0.1) is 12.8 Å². The lowest BCUT2D eigenvalue weighted by molar-refractivity contribution is 0.416. The number of hydrogen-bond donors (Lipinski definition) is 2. The van der Waals surface area contributed by atoms with E-state index in [4.69, 9.17) is 4.74 Å². The Morgan fingerprint density at radius 1 is 1.25 bits per heavy atom. The zero-order chi connectivity index (χ0) is 13.9. The quantitative estimate of drug-likeness (QED) is 0.904. The monoisotopic (exact) mass is 335 g/mol. The molecule has 1 aromatic heterocycles. The fraction of sp³-hybridized carbons (Fsp3) is 0.400. The molecule has 20 heavy (non-hydrogen) atoms. The van der Waals surface area contributed by atoms with Crippen molar-refractivity contribution in [1.82, 2.24) is 15.5 Å². The van der Waals surface area contributed by atoms with Crippen LogP contribution in [0.15, 0.2) is 28.7 Å². The maximum Gasteiger partial charge on any atom is 0.128 e. The Balaban J connectivity index is 1.91. The van der Waals surface area contributed by atoms with Crippen LogP contribution in [0.2, 0.25) is 0 Å². The molecule has 2 aromatic rings. The van der Waals surface area contributed by atoms with Crippen LogP contribution in [-0.2, 0) is 0 Å². The molecular formula is C15H18BrN3O. The van der Waals surface area contributed by atoms with Crippen molar-refractivity contribution >= 4 is 15.9 Å². The highest BCUT2D eigenvalue weighted by Gasteiger charge is 2.18. The summed E-state index contributed by atoms with van der Waals surface area (Å²) in [6.07, 6.45) is 2.33. The van der Waals surface area contributed by atoms with Crippen molar-refractivity contribution in [1.29, 1.82) is 0 Å². The maximum absolute atomic E-state index is 5.42. The average Bonchev–Trinajstić information content (AvgIpc) is 2.98. The molecule has 3 rings (SSSR count). The van der Waals surface area contributed by atoms with Gasteiger partial charge >= 0.3 is 0 Å². The van der Waals surface area contributed by atoms with Gasteiger partial charge in [0.15, 0.2) is 0 Å². The van der Waals surface area contributed by atoms with E-state index < -0.39 is 0 Å². The lowest BCUT2D eigenvalue weighted by Gasteiger charge is -2.20. The normalized spacial score (nSPS) is 16.3. The van der Waals surface area contributed by atoms with Gasteiger partial charge in [-0.15, -0.1) is 0 Å². The molecule has 0 atom stereocenters. The Kier molecular flexibility index (Phi) is 4.08. The van der Waals surface area contributed by atoms with Crippen molar-refractivity contribution in [3.8, 4) is 17.0 Å². The molecule has 0 radical (unpaired) electrons. The van der Waals surface area contributed by atoms with Gasteiger partial charge in [0.1, 0.15) is 5.75 Å². The summed E-state index contributed by atoms with van der Waals surface area (Å²) in [6, 6.07) is 8.13. The van der Waals surface area contributed by atoms with Gasteiger partial charge in [-0.1, -0.05) is 15.9 Å². The van der Waals surface area contributed by atoms with Crippen molar-refractivity contribution in [2.75, 3.05) is 20.2 Å². The number of nitrogens with one attached hydrogen (secondary N) is 2. The van der Waals surface area contributed by atoms with Gasteiger partial charge in [0.25, 0.3) is 0 Å². The number of H-pyrrole nitrogens is 1. The van der Waals surface area contributed by atoms with E-state index in [1.54, 1.807) is 7.11 Å². The first-order chi connectivity index (χ1) is 9.78. The minimum absolute atomic E-state index is 0.579. The third-order valence-electron chi connectivity index (χ3n) is 3.81. The van der Waals surface area contributed by atoms with E-state index >= 15 is 0 Å². The molecule has 1 fully saturated rings. The number of piperidine rings is 1. The fourth-order valence-electron chi connectivity index (χ4n) is 2.70. The van der Waals surface area contributed by atoms with E-state index in [0.29, 0.717) is 5.92 Å². The van der Waals surface area contributed by atoms with Crippen LogP contribution in [0.3, 0.4) is 0 Å². The maximum atomic E-state index is 5.42. The number of methoxy groups -OCH3 is 1. The molecule has 1 aliphatic heterocycles. The Morgan fingerprint density at radius 2 is 2.05 bits per heavy atom. The number of aromatic amines is 1. The molecule has 2 heterocycles. The molecular weight excluding hydrogens is 318 g/mol. The standard InChI is InChI=1S/C15H18BrN3O/c1-20-15-3-2-11(16)8-12(15)14-9-13(18-19-14)10-4-6-17-7-5-10/h2-3,8-10,17H,4-7H2,1H3,(H,18,19). The molecule has 1 aliphatic rings. The highest BCUT2D eigenvalue weighted by atomic mass is 79.9. The second kappa shape index (κ2) is 5.97. The number of hydrogen-bond acceptors (Lipinski definition) is 3. The molecule has 0 unspecified atom stereocenters. The van der Waals surface area contributed by atoms with E-state index in [9.17, 15) is 0 Å². The minimum atomic E-state index is 0.579. The number of benzene rings is 1. The zero-order valence-electron chi connectivity index (χ0n) is 11.4. The molecule has 106 valence electrons. The van der Waals surface area contributed by atoms with E-state index in [1.165, 1.54) is 5.69 Å². The second-order valence-electron chi connectivity index (χ2n) is 5.08. The topological polar surface area (TPSA) is 49.9 Å². The van der Waals surface area contributed by atoms with E-state index in [0.717, 1.165) is 47.4 Å². The van der Waals surface area contributed by atoms with Gasteiger partial charge in [0, 0.05) is 21.6 Å². The summed E-state index contributed by atoms with van der Waals surface area (Å²) in [4.78, 5) is 0. The second-order valence-corrected chi connectivity index (χ2v) is 5.99. The molecule has 5 heteroatoms. The number of rotatable bonds is 3. The average molecular weight is 336 g/mol. The lowest BCUT2D eigenvalue weighted by atomic mass is 9.94. The number of aromatic nitrogens is 2. The van der Waals surface area contributed by atoms with Crippen molar-refractivity contribution in [2.24, 2.45) is 0 Å². The van der Waals surface area contributed by atoms with Crippen LogP contribution in [0.25, 0.3) is 11.3 Å². The van der Waals surface area contributed by atoms with Crippen molar-refractivity contribution < 1.29 is 4.74 Å². The lowest BCUT2D eigenvalue weighted by Crippen LogP contribution is -2.26. The number of ether oxygens (including phenoxy) is 1. The molecule has 0 spiro atoms.